The number of aromatic carboxylic acids is 1. The highest BCUT2D eigenvalue weighted by Crippen LogP contribution is 2.49. The van der Waals surface area contributed by atoms with Crippen LogP contribution in [0.3, 0.4) is 0 Å². The predicted octanol–water partition coefficient (Wildman–Crippen LogP) is 10.6. The van der Waals surface area contributed by atoms with E-state index in [1.165, 1.54) is 41.6 Å². The van der Waals surface area contributed by atoms with Crippen molar-refractivity contribution < 1.29 is 29.1 Å². The molecule has 2 atom stereocenters. The summed E-state index contributed by atoms with van der Waals surface area (Å²) >= 11 is 15.4. The molecule has 0 bridgehead atoms. The number of thioether (sulfide) groups is 1. The van der Waals surface area contributed by atoms with Crippen LogP contribution in [0.5, 0.6) is 11.5 Å². The van der Waals surface area contributed by atoms with Gasteiger partial charge in [0.25, 0.3) is 0 Å². The van der Waals surface area contributed by atoms with E-state index in [-0.39, 0.29) is 17.1 Å². The summed E-state index contributed by atoms with van der Waals surface area (Å²) < 4.78 is 9.77. The van der Waals surface area contributed by atoms with Gasteiger partial charge in [0.2, 0.25) is 0 Å². The lowest BCUT2D eigenvalue weighted by Gasteiger charge is -2.37. The summed E-state index contributed by atoms with van der Waals surface area (Å²) in [7, 11) is 8.55. The number of carbonyl (C=O) groups is 1. The molecule has 49 heavy (non-hydrogen) atoms. The number of carboxylic acids is 1. The fourth-order valence-corrected chi connectivity index (χ4v) is 10.0. The molecule has 2 unspecified atom stereocenters. The maximum atomic E-state index is 11.9. The number of aromatic hydroxyl groups is 2. The van der Waals surface area contributed by atoms with Gasteiger partial charge in [0.05, 0.1) is 25.3 Å². The molecule has 8 nitrogen and oxygen atoms in total. The largest absolute Gasteiger partial charge is 0.505 e. The third-order valence-corrected chi connectivity index (χ3v) is 12.9. The zero-order valence-corrected chi connectivity index (χ0v) is 34.1. The van der Waals surface area contributed by atoms with Gasteiger partial charge in [-0.1, -0.05) is 18.2 Å². The van der Waals surface area contributed by atoms with Crippen LogP contribution in [0.4, 0.5) is 11.4 Å². The first-order chi connectivity index (χ1) is 23.3. The molecule has 4 aromatic carbocycles. The van der Waals surface area contributed by atoms with Crippen molar-refractivity contribution in [2.45, 2.75) is 35.4 Å². The van der Waals surface area contributed by atoms with E-state index in [1.807, 2.05) is 0 Å². The maximum Gasteiger partial charge on any atom is 0.379 e. The highest BCUT2D eigenvalue weighted by atomic mass is 79.9. The molecule has 2 heterocycles. The van der Waals surface area contributed by atoms with Gasteiger partial charge in [0.15, 0.2) is 26.2 Å². The van der Waals surface area contributed by atoms with E-state index in [0.29, 0.717) is 62.2 Å². The first-order valence-corrected chi connectivity index (χ1v) is 19.4. The second-order valence-electron chi connectivity index (χ2n) is 12.3. The normalized spacial score (nSPS) is 16.7. The van der Waals surface area contributed by atoms with Gasteiger partial charge in [-0.2, -0.15) is 0 Å². The molecule has 7 rings (SSSR count). The van der Waals surface area contributed by atoms with E-state index >= 15 is 0 Å². The number of nitrogens with one attached hydrogen (secondary N) is 1. The van der Waals surface area contributed by atoms with Gasteiger partial charge in [-0.15, -0.1) is 11.8 Å². The van der Waals surface area contributed by atoms with Crippen molar-refractivity contribution in [3.8, 4) is 22.6 Å². The van der Waals surface area contributed by atoms with E-state index in [0.717, 1.165) is 0 Å². The summed E-state index contributed by atoms with van der Waals surface area (Å²) in [5, 5.41) is 36.0. The lowest BCUT2D eigenvalue weighted by atomic mass is 9.92. The van der Waals surface area contributed by atoms with Gasteiger partial charge in [-0.25, -0.2) is 13.8 Å². The Morgan fingerprint density at radius 3 is 2.12 bits per heavy atom. The minimum Gasteiger partial charge on any atom is -0.505 e. The Kier molecular flexibility index (Phi) is 10.6. The van der Waals surface area contributed by atoms with Crippen molar-refractivity contribution in [1.82, 2.24) is 0 Å². The zero-order valence-electron chi connectivity index (χ0n) is 26.9. The first kappa shape index (κ1) is 36.0. The Bertz CT molecular complexity index is 2120. The van der Waals surface area contributed by atoms with Gasteiger partial charge in [-0.3, -0.25) is 0 Å². The van der Waals surface area contributed by atoms with Crippen LogP contribution >= 0.6 is 75.5 Å². The minimum atomic E-state index is -1.07. The molecule has 0 amide bonds. The topological polar surface area (TPSA) is 107 Å². The second-order valence-corrected chi connectivity index (χ2v) is 16.9. The summed E-state index contributed by atoms with van der Waals surface area (Å²) in [5.74, 6) is -1.19. The second kappa shape index (κ2) is 14.4. The van der Waals surface area contributed by atoms with Crippen molar-refractivity contribution >= 4 is 120 Å². The SMILES string of the molecule is CN(C)c1ccc2c(c1)SC1CC(=[N+](C)C)CCC1N2.O=C(O)c1ccccc1-c1c2cc(Br)c(O)c(Br)c2[o+]c2c(Br)c(O)c(Br)cc12. The number of fused-ring (bicyclic) bond motifs is 4. The van der Waals surface area contributed by atoms with Crippen LogP contribution in [0.25, 0.3) is 33.1 Å². The molecule has 1 saturated carbocycles. The van der Waals surface area contributed by atoms with Crippen molar-refractivity contribution in [2.75, 3.05) is 38.4 Å². The number of hydrogen-bond donors (Lipinski definition) is 4. The molecule has 254 valence electrons. The van der Waals surface area contributed by atoms with Gasteiger partial charge >= 0.3 is 17.1 Å². The number of nitrogens with zero attached hydrogens (tertiary/aromatic N) is 2. The smallest absolute Gasteiger partial charge is 0.379 e. The van der Waals surface area contributed by atoms with Gasteiger partial charge in [0, 0.05) is 60.1 Å². The molecule has 1 aliphatic carbocycles. The molecule has 1 aliphatic heterocycles. The number of carboxylic acid groups (broad SMARTS) is 1. The Morgan fingerprint density at radius 1 is 0.939 bits per heavy atom. The summed E-state index contributed by atoms with van der Waals surface area (Å²) in [4.78, 5) is 15.5. The Hall–Kier alpha value is -2.84. The van der Waals surface area contributed by atoms with E-state index in [4.69, 9.17) is 4.42 Å². The molecule has 0 spiro atoms. The quantitative estimate of drug-likeness (QED) is 0.0805. The van der Waals surface area contributed by atoms with E-state index < -0.39 is 5.97 Å². The number of halogens is 4. The summed E-state index contributed by atoms with van der Waals surface area (Å²) in [6.07, 6.45) is 3.69. The molecular weight excluding hydrogens is 906 g/mol. The first-order valence-electron chi connectivity index (χ1n) is 15.3. The van der Waals surface area contributed by atoms with Crippen molar-refractivity contribution in [3.05, 3.63) is 78.1 Å². The Balaban J connectivity index is 0.000000182. The molecule has 4 N–H and O–H groups in total. The van der Waals surface area contributed by atoms with Gasteiger partial charge < -0.3 is 25.5 Å². The molecule has 1 fully saturated rings. The van der Waals surface area contributed by atoms with Crippen LogP contribution in [-0.2, 0) is 0 Å². The monoisotopic (exact) mass is 935 g/mol. The van der Waals surface area contributed by atoms with Crippen molar-refractivity contribution in [1.29, 1.82) is 0 Å². The Morgan fingerprint density at radius 2 is 1.55 bits per heavy atom. The van der Waals surface area contributed by atoms with Crippen molar-refractivity contribution in [3.63, 3.8) is 0 Å². The molecule has 2 aliphatic rings. The number of phenols is 2. The number of anilines is 2. The molecule has 5 aromatic rings. The van der Waals surface area contributed by atoms with Crippen LogP contribution in [0.15, 0.2) is 81.8 Å². The van der Waals surface area contributed by atoms with E-state index in [1.54, 1.807) is 36.0 Å². The summed E-state index contributed by atoms with van der Waals surface area (Å²) in [6, 6.07) is 17.3. The third-order valence-electron chi connectivity index (χ3n) is 8.83. The molecule has 13 heteroatoms. The predicted molar refractivity (Wildman–Crippen MR) is 213 cm³/mol. The fourth-order valence-electron chi connectivity index (χ4n) is 6.23. The summed E-state index contributed by atoms with van der Waals surface area (Å²) in [5.41, 5.74) is 5.96. The maximum absolute atomic E-state index is 11.9. The van der Waals surface area contributed by atoms with Crippen LogP contribution in [0.1, 0.15) is 29.6 Å². The number of benzene rings is 4. The minimum absolute atomic E-state index is 0.0597. The highest BCUT2D eigenvalue weighted by Gasteiger charge is 2.36. The molecule has 0 radical (unpaired) electrons. The lowest BCUT2D eigenvalue weighted by molar-refractivity contribution is -0.467. The standard InChI is InChI=1S/C20H8Br4O5.C16H24N3S/c21-11-5-9-13(7-3-1-2-4-8(7)20(27)28)10-6-12(22)17(26)15(24)19(10)29-18(9)14(23)16(11)25;1-18(2)11-5-7-13-15(9-11)20-16-10-12(19(3)4)6-8-14(16)17-13/h1-6H,(H2-,25,26,27,28);5,7,9,14,16-17H,6,8,10H2,1-4H3/q;+1/p+1. The van der Waals surface area contributed by atoms with Crippen LogP contribution in [0, 0.1) is 0 Å². The van der Waals surface area contributed by atoms with E-state index in [9.17, 15) is 20.1 Å². The highest BCUT2D eigenvalue weighted by molar-refractivity contribution is 9.11. The van der Waals surface area contributed by atoms with Crippen LogP contribution in [0.2, 0.25) is 0 Å². The number of hydrogen-bond acceptors (Lipinski definition) is 6. The average molecular weight is 939 g/mol. The average Bonchev–Trinajstić information content (AvgIpc) is 3.08. The third kappa shape index (κ3) is 6.93. The summed E-state index contributed by atoms with van der Waals surface area (Å²) in [6.45, 7) is 0. The van der Waals surface area contributed by atoms with Gasteiger partial charge in [-0.05, 0) is 112 Å². The lowest BCUT2D eigenvalue weighted by Crippen LogP contribution is -2.41. The number of phenolic OH excluding ortho intramolecular Hbond substituents is 2. The molecule has 0 saturated heterocycles. The molecular formula is C36H33Br4N3O5S+2. The zero-order chi connectivity index (χ0) is 35.3. The van der Waals surface area contributed by atoms with Crippen LogP contribution in [-0.4, -0.2) is 71.1 Å². The molecule has 1 aromatic heterocycles. The fraction of sp³-hybridized carbons (Fsp3) is 0.250. The number of rotatable bonds is 3. The van der Waals surface area contributed by atoms with E-state index in [2.05, 4.69) is 137 Å². The van der Waals surface area contributed by atoms with Crippen LogP contribution < -0.4 is 10.2 Å². The van der Waals surface area contributed by atoms with Crippen molar-refractivity contribution in [2.24, 2.45) is 0 Å². The van der Waals surface area contributed by atoms with Gasteiger partial charge in [0.1, 0.15) is 14.1 Å². The Labute approximate surface area is 321 Å².